The second-order valence-corrected chi connectivity index (χ2v) is 8.28. The maximum Gasteiger partial charge on any atom is 0.305 e. The first-order valence-corrected chi connectivity index (χ1v) is 9.88. The van der Waals surface area contributed by atoms with Crippen LogP contribution >= 0.6 is 0 Å². The van der Waals surface area contributed by atoms with Gasteiger partial charge in [-0.3, -0.25) is 19.4 Å². The number of aliphatic imine (C=N–C) groups is 1. The van der Waals surface area contributed by atoms with E-state index in [-0.39, 0.29) is 29.8 Å². The van der Waals surface area contributed by atoms with Crippen molar-refractivity contribution < 1.29 is 19.1 Å². The summed E-state index contributed by atoms with van der Waals surface area (Å²) in [7, 11) is 1.28. The molecular formula is C22H27N3O4. The number of nitrogens with one attached hydrogen (secondary N) is 1. The first-order valence-electron chi connectivity index (χ1n) is 9.88. The van der Waals surface area contributed by atoms with Crippen LogP contribution in [0.1, 0.15) is 45.4 Å². The molecule has 1 aromatic heterocycles. The van der Waals surface area contributed by atoms with Gasteiger partial charge in [0, 0.05) is 31.5 Å². The summed E-state index contributed by atoms with van der Waals surface area (Å²) >= 11 is 0. The van der Waals surface area contributed by atoms with Gasteiger partial charge in [-0.05, 0) is 24.0 Å². The molecule has 1 aliphatic carbocycles. The summed E-state index contributed by atoms with van der Waals surface area (Å²) in [4.78, 5) is 49.2. The number of carbonyl (C=O) groups is 3. The summed E-state index contributed by atoms with van der Waals surface area (Å²) in [6.45, 7) is 4.46. The number of ketones is 2. The molecule has 154 valence electrons. The molecule has 1 aliphatic rings. The van der Waals surface area contributed by atoms with Gasteiger partial charge in [0.25, 0.3) is 0 Å². The Morgan fingerprint density at radius 3 is 2.72 bits per heavy atom. The Labute approximate surface area is 170 Å². The Hall–Kier alpha value is -2.83. The van der Waals surface area contributed by atoms with Crippen molar-refractivity contribution in [3.63, 3.8) is 0 Å². The number of para-hydroxylation sites is 2. The molecule has 2 aromatic rings. The number of hydrogen-bond acceptors (Lipinski definition) is 6. The van der Waals surface area contributed by atoms with Gasteiger partial charge in [0.15, 0.2) is 0 Å². The number of hydrogen-bond donors (Lipinski definition) is 1. The number of aromatic amines is 1. The first kappa shape index (κ1) is 20.9. The number of carbonyl (C=O) groups excluding carboxylic acids is 3. The van der Waals surface area contributed by atoms with Gasteiger partial charge in [0.1, 0.15) is 23.3 Å². The monoisotopic (exact) mass is 397 g/mol. The summed E-state index contributed by atoms with van der Waals surface area (Å²) in [5.41, 5.74) is 2.27. The lowest BCUT2D eigenvalue weighted by Gasteiger charge is -2.34. The molecular weight excluding hydrogens is 370 g/mol. The highest BCUT2D eigenvalue weighted by atomic mass is 16.5. The van der Waals surface area contributed by atoms with Gasteiger partial charge in [-0.2, -0.15) is 0 Å². The molecule has 0 spiro atoms. The minimum Gasteiger partial charge on any atom is -0.469 e. The maximum atomic E-state index is 12.7. The second kappa shape index (κ2) is 8.68. The highest BCUT2D eigenvalue weighted by Gasteiger charge is 2.41. The highest BCUT2D eigenvalue weighted by molar-refractivity contribution is 6.22. The molecule has 3 rings (SSSR count). The molecule has 1 atom stereocenters. The van der Waals surface area contributed by atoms with Crippen molar-refractivity contribution in [2.75, 3.05) is 13.7 Å². The molecule has 7 heteroatoms. The van der Waals surface area contributed by atoms with Crippen molar-refractivity contribution in [3.8, 4) is 0 Å². The van der Waals surface area contributed by atoms with Crippen LogP contribution in [0, 0.1) is 11.3 Å². The van der Waals surface area contributed by atoms with Gasteiger partial charge >= 0.3 is 5.97 Å². The summed E-state index contributed by atoms with van der Waals surface area (Å²) in [5, 5.41) is 0. The van der Waals surface area contributed by atoms with E-state index in [1.54, 1.807) is 0 Å². The number of benzene rings is 1. The SMILES string of the molecule is COC(=O)CCC(=O)C1C(=O)CC(C)(C)CC1=NCCc1nc2ccccc2[nH]1. The lowest BCUT2D eigenvalue weighted by atomic mass is 9.69. The van der Waals surface area contributed by atoms with Crippen molar-refractivity contribution in [2.45, 2.75) is 46.0 Å². The molecule has 0 saturated heterocycles. The lowest BCUT2D eigenvalue weighted by molar-refractivity contribution is -0.143. The van der Waals surface area contributed by atoms with Gasteiger partial charge in [-0.15, -0.1) is 0 Å². The van der Waals surface area contributed by atoms with E-state index >= 15 is 0 Å². The normalized spacial score (nSPS) is 20.2. The summed E-state index contributed by atoms with van der Waals surface area (Å²) in [6, 6.07) is 7.80. The molecule has 1 unspecified atom stereocenters. The number of H-pyrrole nitrogens is 1. The molecule has 0 radical (unpaired) electrons. The molecule has 29 heavy (non-hydrogen) atoms. The Bertz CT molecular complexity index is 925. The minimum absolute atomic E-state index is 0.00784. The molecule has 1 heterocycles. The smallest absolute Gasteiger partial charge is 0.305 e. The largest absolute Gasteiger partial charge is 0.469 e. The molecule has 7 nitrogen and oxygen atoms in total. The van der Waals surface area contributed by atoms with Gasteiger partial charge in [0.05, 0.1) is 24.6 Å². The number of Topliss-reactive ketones (excluding diaryl/α,β-unsaturated/α-hetero) is 2. The number of esters is 1. The fourth-order valence-electron chi connectivity index (χ4n) is 3.83. The second-order valence-electron chi connectivity index (χ2n) is 8.28. The number of rotatable bonds is 7. The average molecular weight is 397 g/mol. The third-order valence-corrected chi connectivity index (χ3v) is 5.19. The standard InChI is InChI=1S/C22H27N3O4/c1-22(2)12-16(21(18(27)13-22)17(26)8-9-20(28)29-3)23-11-10-19-24-14-6-4-5-7-15(14)25-19/h4-7,21H,8-13H2,1-3H3,(H,24,25). The topological polar surface area (TPSA) is 101 Å². The Morgan fingerprint density at radius 2 is 2.00 bits per heavy atom. The van der Waals surface area contributed by atoms with Gasteiger partial charge in [0.2, 0.25) is 0 Å². The van der Waals surface area contributed by atoms with E-state index in [1.165, 1.54) is 7.11 Å². The van der Waals surface area contributed by atoms with Crippen LogP contribution in [0.2, 0.25) is 0 Å². The number of ether oxygens (including phenoxy) is 1. The van der Waals surface area contributed by atoms with Crippen LogP contribution in [0.3, 0.4) is 0 Å². The van der Waals surface area contributed by atoms with E-state index in [9.17, 15) is 14.4 Å². The fraction of sp³-hybridized carbons (Fsp3) is 0.500. The summed E-state index contributed by atoms with van der Waals surface area (Å²) in [5.74, 6) is -0.837. The molecule has 1 N–H and O–H groups in total. The molecule has 0 aliphatic heterocycles. The Morgan fingerprint density at radius 1 is 1.24 bits per heavy atom. The number of nitrogens with zero attached hydrogens (tertiary/aromatic N) is 2. The number of imidazole rings is 1. The quantitative estimate of drug-likeness (QED) is 0.571. The molecule has 1 aromatic carbocycles. The first-order chi connectivity index (χ1) is 13.8. The van der Waals surface area contributed by atoms with Gasteiger partial charge in [-0.25, -0.2) is 4.98 Å². The van der Waals surface area contributed by atoms with Crippen molar-refractivity contribution >= 4 is 34.3 Å². The van der Waals surface area contributed by atoms with E-state index in [0.717, 1.165) is 16.9 Å². The van der Waals surface area contributed by atoms with Crippen LogP contribution in [0.4, 0.5) is 0 Å². The number of aromatic nitrogens is 2. The van der Waals surface area contributed by atoms with Crippen molar-refractivity contribution in [2.24, 2.45) is 16.3 Å². The zero-order valence-corrected chi connectivity index (χ0v) is 17.2. The molecule has 1 saturated carbocycles. The maximum absolute atomic E-state index is 12.7. The van der Waals surface area contributed by atoms with E-state index in [1.807, 2.05) is 38.1 Å². The minimum atomic E-state index is -0.844. The zero-order valence-electron chi connectivity index (χ0n) is 17.2. The average Bonchev–Trinajstić information content (AvgIpc) is 3.07. The summed E-state index contributed by atoms with van der Waals surface area (Å²) in [6.07, 6.45) is 1.49. The third-order valence-electron chi connectivity index (χ3n) is 5.19. The Balaban J connectivity index is 1.73. The van der Waals surface area contributed by atoms with Crippen LogP contribution in [-0.2, 0) is 25.5 Å². The van der Waals surface area contributed by atoms with Crippen molar-refractivity contribution in [1.29, 1.82) is 0 Å². The van der Waals surface area contributed by atoms with Crippen LogP contribution in [0.5, 0.6) is 0 Å². The van der Waals surface area contributed by atoms with Gasteiger partial charge < -0.3 is 9.72 Å². The van der Waals surface area contributed by atoms with Crippen LogP contribution in [-0.4, -0.2) is 46.9 Å². The Kier molecular flexibility index (Phi) is 6.25. The molecule has 0 amide bonds. The molecule has 0 bridgehead atoms. The molecule has 1 fully saturated rings. The van der Waals surface area contributed by atoms with E-state index < -0.39 is 11.9 Å². The van der Waals surface area contributed by atoms with Crippen molar-refractivity contribution in [1.82, 2.24) is 9.97 Å². The predicted octanol–water partition coefficient (Wildman–Crippen LogP) is 3.07. The zero-order chi connectivity index (χ0) is 21.0. The van der Waals surface area contributed by atoms with Crippen LogP contribution in [0.15, 0.2) is 29.3 Å². The number of fused-ring (bicyclic) bond motifs is 1. The lowest BCUT2D eigenvalue weighted by Crippen LogP contribution is -2.42. The van der Waals surface area contributed by atoms with Crippen LogP contribution in [0.25, 0.3) is 11.0 Å². The van der Waals surface area contributed by atoms with E-state index in [0.29, 0.717) is 31.5 Å². The highest BCUT2D eigenvalue weighted by Crippen LogP contribution is 2.35. The van der Waals surface area contributed by atoms with E-state index in [4.69, 9.17) is 0 Å². The predicted molar refractivity (Wildman–Crippen MR) is 110 cm³/mol. The fourth-order valence-corrected chi connectivity index (χ4v) is 3.83. The van der Waals surface area contributed by atoms with Crippen molar-refractivity contribution in [3.05, 3.63) is 30.1 Å². The summed E-state index contributed by atoms with van der Waals surface area (Å²) < 4.78 is 4.60. The van der Waals surface area contributed by atoms with Gasteiger partial charge in [-0.1, -0.05) is 26.0 Å². The third kappa shape index (κ3) is 5.16. The van der Waals surface area contributed by atoms with Crippen LogP contribution < -0.4 is 0 Å². The number of methoxy groups -OCH3 is 1. The van der Waals surface area contributed by atoms with E-state index in [2.05, 4.69) is 19.7 Å².